The first-order chi connectivity index (χ1) is 5.81. The van der Waals surface area contributed by atoms with Crippen molar-refractivity contribution in [2.45, 2.75) is 46.1 Å². The maximum absolute atomic E-state index is 3.42. The Morgan fingerprint density at radius 2 is 1.83 bits per heavy atom. The standard InChI is InChI=1S/C10H24N2/c1-4-11-9-7-6-8-10(3)12-5-2/h10-12H,4-9H2,1-3H3. The van der Waals surface area contributed by atoms with Crippen LogP contribution in [-0.2, 0) is 0 Å². The smallest absolute Gasteiger partial charge is 0.00386 e. The second-order valence-electron chi connectivity index (χ2n) is 3.31. The largest absolute Gasteiger partial charge is 0.317 e. The molecule has 0 rings (SSSR count). The molecule has 1 unspecified atom stereocenters. The summed E-state index contributed by atoms with van der Waals surface area (Å²) < 4.78 is 0. The van der Waals surface area contributed by atoms with Gasteiger partial charge in [0.1, 0.15) is 0 Å². The monoisotopic (exact) mass is 172 g/mol. The highest BCUT2D eigenvalue weighted by atomic mass is 14.9. The molecule has 0 aliphatic heterocycles. The molecule has 0 saturated heterocycles. The molecule has 2 heteroatoms. The van der Waals surface area contributed by atoms with Crippen molar-refractivity contribution < 1.29 is 0 Å². The fourth-order valence-electron chi connectivity index (χ4n) is 1.33. The topological polar surface area (TPSA) is 24.1 Å². The number of rotatable bonds is 8. The molecule has 12 heavy (non-hydrogen) atoms. The molecule has 0 heterocycles. The Morgan fingerprint density at radius 3 is 2.42 bits per heavy atom. The van der Waals surface area contributed by atoms with Gasteiger partial charge in [-0.15, -0.1) is 0 Å². The molecule has 0 radical (unpaired) electrons. The van der Waals surface area contributed by atoms with Crippen LogP contribution >= 0.6 is 0 Å². The fraction of sp³-hybridized carbons (Fsp3) is 1.00. The Hall–Kier alpha value is -0.0800. The second kappa shape index (κ2) is 9.01. The number of hydrogen-bond donors (Lipinski definition) is 2. The Labute approximate surface area is 77.1 Å². The predicted octanol–water partition coefficient (Wildman–Crippen LogP) is 1.76. The highest BCUT2D eigenvalue weighted by Crippen LogP contribution is 1.98. The van der Waals surface area contributed by atoms with Gasteiger partial charge in [0, 0.05) is 6.04 Å². The lowest BCUT2D eigenvalue weighted by molar-refractivity contribution is 0.495. The van der Waals surface area contributed by atoms with E-state index in [1.807, 2.05) is 0 Å². The average molecular weight is 172 g/mol. The first-order valence-electron chi connectivity index (χ1n) is 5.25. The molecule has 0 fully saturated rings. The van der Waals surface area contributed by atoms with E-state index in [9.17, 15) is 0 Å². The van der Waals surface area contributed by atoms with Crippen LogP contribution in [0.4, 0.5) is 0 Å². The third-order valence-corrected chi connectivity index (χ3v) is 2.04. The molecule has 0 saturated carbocycles. The van der Waals surface area contributed by atoms with Gasteiger partial charge in [-0.05, 0) is 39.4 Å². The third kappa shape index (κ3) is 8.02. The van der Waals surface area contributed by atoms with Gasteiger partial charge in [0.25, 0.3) is 0 Å². The zero-order chi connectivity index (χ0) is 9.23. The first-order valence-corrected chi connectivity index (χ1v) is 5.25. The molecule has 0 aliphatic carbocycles. The highest BCUT2D eigenvalue weighted by molar-refractivity contribution is 4.59. The van der Waals surface area contributed by atoms with Gasteiger partial charge in [-0.1, -0.05) is 20.3 Å². The van der Waals surface area contributed by atoms with Crippen LogP contribution in [0.3, 0.4) is 0 Å². The zero-order valence-corrected chi connectivity index (χ0v) is 8.82. The molecule has 0 aromatic heterocycles. The Bertz CT molecular complexity index is 83.9. The van der Waals surface area contributed by atoms with Crippen molar-refractivity contribution in [2.24, 2.45) is 0 Å². The second-order valence-corrected chi connectivity index (χ2v) is 3.31. The van der Waals surface area contributed by atoms with E-state index in [0.717, 1.165) is 13.1 Å². The predicted molar refractivity (Wildman–Crippen MR) is 55.5 cm³/mol. The van der Waals surface area contributed by atoms with Crippen LogP contribution in [0.25, 0.3) is 0 Å². The summed E-state index contributed by atoms with van der Waals surface area (Å²) in [5, 5.41) is 6.75. The average Bonchev–Trinajstić information content (AvgIpc) is 2.05. The van der Waals surface area contributed by atoms with Gasteiger partial charge < -0.3 is 10.6 Å². The first kappa shape index (κ1) is 11.9. The molecule has 0 bridgehead atoms. The van der Waals surface area contributed by atoms with Crippen LogP contribution in [0, 0.1) is 0 Å². The van der Waals surface area contributed by atoms with Crippen molar-refractivity contribution in [3.05, 3.63) is 0 Å². The summed E-state index contributed by atoms with van der Waals surface area (Å²) in [4.78, 5) is 0. The van der Waals surface area contributed by atoms with Gasteiger partial charge in [-0.3, -0.25) is 0 Å². The molecule has 1 atom stereocenters. The van der Waals surface area contributed by atoms with Crippen LogP contribution in [0.15, 0.2) is 0 Å². The van der Waals surface area contributed by atoms with E-state index in [4.69, 9.17) is 0 Å². The van der Waals surface area contributed by atoms with E-state index in [2.05, 4.69) is 31.4 Å². The Kier molecular flexibility index (Phi) is 8.95. The van der Waals surface area contributed by atoms with E-state index in [-0.39, 0.29) is 0 Å². The maximum atomic E-state index is 3.42. The molecule has 2 nitrogen and oxygen atoms in total. The normalized spacial score (nSPS) is 13.2. The zero-order valence-electron chi connectivity index (χ0n) is 8.82. The highest BCUT2D eigenvalue weighted by Gasteiger charge is 1.97. The lowest BCUT2D eigenvalue weighted by Crippen LogP contribution is -2.25. The number of hydrogen-bond acceptors (Lipinski definition) is 2. The molecule has 0 amide bonds. The van der Waals surface area contributed by atoms with Crippen LogP contribution in [0.1, 0.15) is 40.0 Å². The molecule has 0 aromatic carbocycles. The summed E-state index contributed by atoms with van der Waals surface area (Å²) >= 11 is 0. The van der Waals surface area contributed by atoms with Crippen molar-refractivity contribution in [3.63, 3.8) is 0 Å². The number of nitrogens with one attached hydrogen (secondary N) is 2. The molecular formula is C10H24N2. The molecular weight excluding hydrogens is 148 g/mol. The van der Waals surface area contributed by atoms with Crippen molar-refractivity contribution in [3.8, 4) is 0 Å². The van der Waals surface area contributed by atoms with E-state index >= 15 is 0 Å². The van der Waals surface area contributed by atoms with E-state index in [1.54, 1.807) is 0 Å². The van der Waals surface area contributed by atoms with Crippen molar-refractivity contribution in [2.75, 3.05) is 19.6 Å². The Balaban J connectivity index is 2.97. The Morgan fingerprint density at radius 1 is 1.08 bits per heavy atom. The lowest BCUT2D eigenvalue weighted by Gasteiger charge is -2.11. The van der Waals surface area contributed by atoms with Crippen LogP contribution < -0.4 is 10.6 Å². The maximum Gasteiger partial charge on any atom is 0.00386 e. The van der Waals surface area contributed by atoms with Gasteiger partial charge in [-0.2, -0.15) is 0 Å². The third-order valence-electron chi connectivity index (χ3n) is 2.04. The van der Waals surface area contributed by atoms with Crippen LogP contribution in [0.5, 0.6) is 0 Å². The van der Waals surface area contributed by atoms with Gasteiger partial charge in [0.2, 0.25) is 0 Å². The summed E-state index contributed by atoms with van der Waals surface area (Å²) in [6.07, 6.45) is 3.95. The van der Waals surface area contributed by atoms with Crippen LogP contribution in [0.2, 0.25) is 0 Å². The fourth-order valence-corrected chi connectivity index (χ4v) is 1.33. The van der Waals surface area contributed by atoms with E-state index in [0.29, 0.717) is 6.04 Å². The van der Waals surface area contributed by atoms with Gasteiger partial charge in [-0.25, -0.2) is 0 Å². The number of unbranched alkanes of at least 4 members (excludes halogenated alkanes) is 1. The van der Waals surface area contributed by atoms with E-state index < -0.39 is 0 Å². The summed E-state index contributed by atoms with van der Waals surface area (Å²) in [6.45, 7) is 9.94. The van der Waals surface area contributed by atoms with Crippen molar-refractivity contribution in [1.82, 2.24) is 10.6 Å². The minimum atomic E-state index is 0.691. The summed E-state index contributed by atoms with van der Waals surface area (Å²) in [5.41, 5.74) is 0. The minimum absolute atomic E-state index is 0.691. The van der Waals surface area contributed by atoms with E-state index in [1.165, 1.54) is 25.8 Å². The molecule has 0 aromatic rings. The minimum Gasteiger partial charge on any atom is -0.317 e. The van der Waals surface area contributed by atoms with Gasteiger partial charge in [0.05, 0.1) is 0 Å². The molecule has 0 aliphatic rings. The van der Waals surface area contributed by atoms with Gasteiger partial charge in [0.15, 0.2) is 0 Å². The SMILES string of the molecule is CCNCCCCC(C)NCC. The quantitative estimate of drug-likeness (QED) is 0.545. The van der Waals surface area contributed by atoms with Crippen molar-refractivity contribution in [1.29, 1.82) is 0 Å². The molecule has 2 N–H and O–H groups in total. The summed E-state index contributed by atoms with van der Waals surface area (Å²) in [7, 11) is 0. The van der Waals surface area contributed by atoms with Gasteiger partial charge >= 0.3 is 0 Å². The van der Waals surface area contributed by atoms with Crippen molar-refractivity contribution >= 4 is 0 Å². The summed E-state index contributed by atoms with van der Waals surface area (Å²) in [6, 6.07) is 0.691. The molecule has 0 spiro atoms. The molecule has 74 valence electrons. The summed E-state index contributed by atoms with van der Waals surface area (Å²) in [5.74, 6) is 0. The van der Waals surface area contributed by atoms with Crippen LogP contribution in [-0.4, -0.2) is 25.7 Å². The lowest BCUT2D eigenvalue weighted by atomic mass is 10.1.